The predicted octanol–water partition coefficient (Wildman–Crippen LogP) is 3.90. The summed E-state index contributed by atoms with van der Waals surface area (Å²) in [5, 5.41) is 23.3. The van der Waals surface area contributed by atoms with Crippen LogP contribution in [0, 0.1) is 23.2 Å². The lowest BCUT2D eigenvalue weighted by molar-refractivity contribution is -0.278. The molecular weight excluding hydrogens is 436 g/mol. The first-order valence-corrected chi connectivity index (χ1v) is 12.5. The van der Waals surface area contributed by atoms with E-state index in [9.17, 15) is 19.8 Å². The zero-order chi connectivity index (χ0) is 25.2. The van der Waals surface area contributed by atoms with Crippen LogP contribution in [0.1, 0.15) is 87.0 Å². The number of aliphatic hydroxyl groups is 2. The molecular formula is C27H46O7. The second-order valence-electron chi connectivity index (χ2n) is 10.3. The molecule has 34 heavy (non-hydrogen) atoms. The predicted molar refractivity (Wildman–Crippen MR) is 132 cm³/mol. The van der Waals surface area contributed by atoms with Gasteiger partial charge in [0.1, 0.15) is 17.8 Å². The number of carbonyl (C=O) groups is 2. The Hall–Kier alpha value is -1.70. The monoisotopic (exact) mass is 482 g/mol. The van der Waals surface area contributed by atoms with Crippen molar-refractivity contribution in [1.82, 2.24) is 0 Å². The number of esters is 2. The summed E-state index contributed by atoms with van der Waals surface area (Å²) >= 11 is 0. The van der Waals surface area contributed by atoms with Gasteiger partial charge in [0, 0.05) is 12.5 Å². The van der Waals surface area contributed by atoms with Gasteiger partial charge < -0.3 is 25.2 Å². The first-order valence-electron chi connectivity index (χ1n) is 12.5. The molecule has 0 aromatic rings. The lowest BCUT2D eigenvalue weighted by Gasteiger charge is -2.63. The number of fused-ring (bicyclic) bond motifs is 4. The summed E-state index contributed by atoms with van der Waals surface area (Å²) in [5.41, 5.74) is -0.786. The maximum Gasteiger partial charge on any atom is 0.334 e. The molecule has 0 bridgehead atoms. The van der Waals surface area contributed by atoms with E-state index in [0.717, 1.165) is 17.6 Å². The van der Waals surface area contributed by atoms with Gasteiger partial charge in [0.25, 0.3) is 0 Å². The van der Waals surface area contributed by atoms with Crippen LogP contribution in [0.5, 0.6) is 0 Å². The fraction of sp³-hybridized carbons (Fsp3) is 0.778. The van der Waals surface area contributed by atoms with E-state index in [1.807, 2.05) is 34.6 Å². The third-order valence-electron chi connectivity index (χ3n) is 8.38. The van der Waals surface area contributed by atoms with Crippen LogP contribution in [0.25, 0.3) is 0 Å². The molecule has 1 unspecified atom stereocenters. The van der Waals surface area contributed by atoms with Crippen molar-refractivity contribution in [3.8, 4) is 0 Å². The number of rotatable bonds is 2. The Labute approximate surface area is 204 Å². The average molecular weight is 483 g/mol. The summed E-state index contributed by atoms with van der Waals surface area (Å²) in [6.45, 7) is 17.0. The second kappa shape index (κ2) is 11.4. The van der Waals surface area contributed by atoms with Gasteiger partial charge in [-0.05, 0) is 74.2 Å². The van der Waals surface area contributed by atoms with Gasteiger partial charge in [-0.25, -0.2) is 4.79 Å². The van der Waals surface area contributed by atoms with Gasteiger partial charge in [0.2, 0.25) is 0 Å². The molecule has 2 fully saturated rings. The molecule has 196 valence electrons. The van der Waals surface area contributed by atoms with E-state index >= 15 is 0 Å². The summed E-state index contributed by atoms with van der Waals surface area (Å²) in [6.07, 6.45) is 4.57. The maximum absolute atomic E-state index is 12.0. The van der Waals surface area contributed by atoms with Gasteiger partial charge in [-0.1, -0.05) is 40.7 Å². The highest BCUT2D eigenvalue weighted by Gasteiger charge is 2.67. The Morgan fingerprint density at radius 2 is 1.79 bits per heavy atom. The van der Waals surface area contributed by atoms with Gasteiger partial charge in [0.05, 0.1) is 0 Å². The van der Waals surface area contributed by atoms with E-state index in [1.54, 1.807) is 6.08 Å². The standard InChI is InChI=1S/C22H32O6.C3H6.C2H6.H2O/c1-12(2)21(25)10-7-17-20(4)8-5-14-15(11-27-18(14)24)16(20)6-9-22(17,26)19(21)28-13(3)23;1-3-2;1-2;/h12,16-17,19,25-26H,5-11H2,1-4H3;3H,1H2,2H3;1-2H3;1H2/t16-,17?,19+,20-,21+,22-;;;/m0.../s1. The van der Waals surface area contributed by atoms with E-state index in [-0.39, 0.29) is 34.6 Å². The van der Waals surface area contributed by atoms with Crippen molar-refractivity contribution in [2.45, 2.75) is 104 Å². The zero-order valence-corrected chi connectivity index (χ0v) is 22.1. The minimum absolute atomic E-state index is 0. The van der Waals surface area contributed by atoms with Gasteiger partial charge in [-0.2, -0.15) is 0 Å². The normalized spacial score (nSPS) is 37.8. The molecule has 6 atom stereocenters. The fourth-order valence-corrected chi connectivity index (χ4v) is 6.82. The van der Waals surface area contributed by atoms with Gasteiger partial charge in [0.15, 0.2) is 6.10 Å². The summed E-state index contributed by atoms with van der Waals surface area (Å²) in [7, 11) is 0. The molecule has 1 heterocycles. The third-order valence-corrected chi connectivity index (χ3v) is 8.38. The number of cyclic esters (lactones) is 1. The minimum Gasteiger partial charge on any atom is -0.458 e. The van der Waals surface area contributed by atoms with Crippen LogP contribution in [0.3, 0.4) is 0 Å². The lowest BCUT2D eigenvalue weighted by Crippen LogP contribution is -2.71. The number of hydrogen-bond donors (Lipinski definition) is 2. The van der Waals surface area contributed by atoms with Crippen LogP contribution < -0.4 is 0 Å². The highest BCUT2D eigenvalue weighted by molar-refractivity contribution is 5.92. The topological polar surface area (TPSA) is 125 Å². The molecule has 0 amide bonds. The summed E-state index contributed by atoms with van der Waals surface area (Å²) < 4.78 is 10.9. The molecule has 0 aromatic heterocycles. The first-order chi connectivity index (χ1) is 15.5. The van der Waals surface area contributed by atoms with E-state index in [1.165, 1.54) is 6.92 Å². The SMILES string of the molecule is C=CC.CC.CC(=O)O[C@@H]1[C@](O)(C(C)C)CCC2[C@@]3(C)CCC4=C(COC4=O)[C@@H]3CC[C@]21O.O. The summed E-state index contributed by atoms with van der Waals surface area (Å²) in [5.74, 6) is -0.723. The molecule has 0 aromatic carbocycles. The maximum atomic E-state index is 12.0. The van der Waals surface area contributed by atoms with Crippen LogP contribution in [0.15, 0.2) is 23.8 Å². The number of allylic oxidation sites excluding steroid dienone is 1. The molecule has 0 spiro atoms. The van der Waals surface area contributed by atoms with Gasteiger partial charge >= 0.3 is 11.9 Å². The Kier molecular flexibility index (Phi) is 10.1. The van der Waals surface area contributed by atoms with Crippen LogP contribution in [0.4, 0.5) is 0 Å². The van der Waals surface area contributed by atoms with Crippen LogP contribution in [0.2, 0.25) is 0 Å². The van der Waals surface area contributed by atoms with Crippen molar-refractivity contribution in [2.75, 3.05) is 6.61 Å². The number of ether oxygens (including phenoxy) is 2. The Morgan fingerprint density at radius 3 is 2.32 bits per heavy atom. The van der Waals surface area contributed by atoms with Crippen molar-refractivity contribution in [2.24, 2.45) is 23.2 Å². The molecule has 4 N–H and O–H groups in total. The van der Waals surface area contributed by atoms with Crippen LogP contribution in [-0.4, -0.2) is 51.5 Å². The van der Waals surface area contributed by atoms with E-state index < -0.39 is 23.3 Å². The van der Waals surface area contributed by atoms with Crippen molar-refractivity contribution < 1.29 is 34.8 Å². The summed E-state index contributed by atoms with van der Waals surface area (Å²) in [6, 6.07) is 0. The highest BCUT2D eigenvalue weighted by atomic mass is 16.6. The molecule has 7 heteroatoms. The van der Waals surface area contributed by atoms with E-state index in [2.05, 4.69) is 13.5 Å². The highest BCUT2D eigenvalue weighted by Crippen LogP contribution is 2.64. The Balaban J connectivity index is 0.000000895. The van der Waals surface area contributed by atoms with Crippen molar-refractivity contribution in [3.63, 3.8) is 0 Å². The fourth-order valence-electron chi connectivity index (χ4n) is 6.82. The van der Waals surface area contributed by atoms with Crippen molar-refractivity contribution >= 4 is 11.9 Å². The lowest BCUT2D eigenvalue weighted by atomic mass is 9.45. The van der Waals surface area contributed by atoms with Crippen molar-refractivity contribution in [3.05, 3.63) is 23.8 Å². The quantitative estimate of drug-likeness (QED) is 0.454. The number of hydrogen-bond acceptors (Lipinski definition) is 6. The summed E-state index contributed by atoms with van der Waals surface area (Å²) in [4.78, 5) is 23.9. The number of carbonyl (C=O) groups excluding carboxylic acids is 2. The molecule has 7 nitrogen and oxygen atoms in total. The molecule has 4 aliphatic rings. The van der Waals surface area contributed by atoms with Crippen LogP contribution >= 0.6 is 0 Å². The average Bonchev–Trinajstić information content (AvgIpc) is 3.12. The smallest absolute Gasteiger partial charge is 0.334 e. The molecule has 0 radical (unpaired) electrons. The Morgan fingerprint density at radius 1 is 1.21 bits per heavy atom. The molecule has 4 rings (SSSR count). The molecule has 2 saturated carbocycles. The van der Waals surface area contributed by atoms with Crippen molar-refractivity contribution in [1.29, 1.82) is 0 Å². The van der Waals surface area contributed by atoms with Gasteiger partial charge in [-0.3, -0.25) is 4.79 Å². The van der Waals surface area contributed by atoms with Crippen LogP contribution in [-0.2, 0) is 19.1 Å². The molecule has 3 aliphatic carbocycles. The third kappa shape index (κ3) is 4.84. The Bertz CT molecular complexity index is 788. The molecule has 0 saturated heterocycles. The largest absolute Gasteiger partial charge is 0.458 e. The first kappa shape index (κ1) is 30.3. The second-order valence-corrected chi connectivity index (χ2v) is 10.3. The minimum atomic E-state index is -1.27. The molecule has 1 aliphatic heterocycles. The van der Waals surface area contributed by atoms with E-state index in [4.69, 9.17) is 9.47 Å². The zero-order valence-electron chi connectivity index (χ0n) is 22.1. The van der Waals surface area contributed by atoms with E-state index in [0.29, 0.717) is 38.7 Å². The van der Waals surface area contributed by atoms with Gasteiger partial charge in [-0.15, -0.1) is 6.58 Å².